The minimum absolute atomic E-state index is 0.201. The molecule has 0 radical (unpaired) electrons. The molecule has 0 aromatic carbocycles. The van der Waals surface area contributed by atoms with Crippen LogP contribution in [0.25, 0.3) is 0 Å². The average molecular weight is 238 g/mol. The predicted octanol–water partition coefficient (Wildman–Crippen LogP) is 3.17. The van der Waals surface area contributed by atoms with Crippen molar-refractivity contribution in [3.8, 4) is 0 Å². The number of aliphatic carboxylic acids is 1. The molecule has 3 heteroatoms. The maximum absolute atomic E-state index is 10.9. The van der Waals surface area contributed by atoms with Gasteiger partial charge in [0.05, 0.1) is 11.5 Å². The Bertz CT molecular complexity index is 303. The Balaban J connectivity index is 2.07. The Labute approximate surface area is 103 Å². The summed E-state index contributed by atoms with van der Waals surface area (Å²) in [6, 6.07) is 0. The second-order valence-electron chi connectivity index (χ2n) is 5.10. The molecule has 1 N–H and O–H groups in total. The van der Waals surface area contributed by atoms with Gasteiger partial charge in [0.2, 0.25) is 0 Å². The summed E-state index contributed by atoms with van der Waals surface area (Å²) < 4.78 is 5.67. The quantitative estimate of drug-likeness (QED) is 0.693. The van der Waals surface area contributed by atoms with Gasteiger partial charge in [-0.15, -0.1) is 0 Å². The normalized spacial score (nSPS) is 19.5. The molecule has 1 atom stereocenters. The molecule has 1 aliphatic carbocycles. The van der Waals surface area contributed by atoms with Gasteiger partial charge in [-0.2, -0.15) is 0 Å². The number of carbonyl (C=O) groups is 1. The SMILES string of the molecule is CC(C)(CCCCOC1C=CC=CC1)C(=O)O. The zero-order chi connectivity index (χ0) is 12.7. The topological polar surface area (TPSA) is 46.5 Å². The summed E-state index contributed by atoms with van der Waals surface area (Å²) in [5, 5.41) is 8.95. The van der Waals surface area contributed by atoms with E-state index in [0.29, 0.717) is 13.0 Å². The van der Waals surface area contributed by atoms with Crippen LogP contribution in [0.2, 0.25) is 0 Å². The molecular weight excluding hydrogens is 216 g/mol. The van der Waals surface area contributed by atoms with E-state index in [2.05, 4.69) is 12.2 Å². The number of rotatable bonds is 7. The Morgan fingerprint density at radius 3 is 2.76 bits per heavy atom. The van der Waals surface area contributed by atoms with Gasteiger partial charge in [0.15, 0.2) is 0 Å². The first-order chi connectivity index (χ1) is 8.02. The van der Waals surface area contributed by atoms with Crippen LogP contribution in [-0.2, 0) is 9.53 Å². The van der Waals surface area contributed by atoms with Crippen molar-refractivity contribution in [3.05, 3.63) is 24.3 Å². The van der Waals surface area contributed by atoms with Crippen LogP contribution in [0.4, 0.5) is 0 Å². The Morgan fingerprint density at radius 2 is 2.18 bits per heavy atom. The standard InChI is InChI=1S/C14H22O3/c1-14(2,13(15)16)10-6-7-11-17-12-8-4-3-5-9-12/h3-5,8,12H,6-7,9-11H2,1-2H3,(H,15,16). The minimum Gasteiger partial charge on any atom is -0.481 e. The van der Waals surface area contributed by atoms with Crippen LogP contribution in [0.5, 0.6) is 0 Å². The maximum Gasteiger partial charge on any atom is 0.309 e. The highest BCUT2D eigenvalue weighted by Gasteiger charge is 2.25. The highest BCUT2D eigenvalue weighted by molar-refractivity contribution is 5.73. The van der Waals surface area contributed by atoms with E-state index < -0.39 is 11.4 Å². The number of hydrogen-bond acceptors (Lipinski definition) is 2. The first kappa shape index (κ1) is 14.0. The molecule has 0 saturated carbocycles. The Kier molecular flexibility index (Phi) is 5.42. The van der Waals surface area contributed by atoms with Crippen molar-refractivity contribution >= 4 is 5.97 Å². The molecular formula is C14H22O3. The summed E-state index contributed by atoms with van der Waals surface area (Å²) in [6.45, 7) is 4.24. The molecule has 1 unspecified atom stereocenters. The molecule has 3 nitrogen and oxygen atoms in total. The third-order valence-corrected chi connectivity index (χ3v) is 3.05. The summed E-state index contributed by atoms with van der Waals surface area (Å²) in [5.74, 6) is -0.723. The van der Waals surface area contributed by atoms with E-state index >= 15 is 0 Å². The molecule has 17 heavy (non-hydrogen) atoms. The third-order valence-electron chi connectivity index (χ3n) is 3.05. The van der Waals surface area contributed by atoms with Crippen LogP contribution in [0, 0.1) is 5.41 Å². The smallest absolute Gasteiger partial charge is 0.309 e. The van der Waals surface area contributed by atoms with Gasteiger partial charge >= 0.3 is 5.97 Å². The lowest BCUT2D eigenvalue weighted by Crippen LogP contribution is -2.23. The van der Waals surface area contributed by atoms with Crippen LogP contribution in [0.1, 0.15) is 39.5 Å². The molecule has 0 aromatic heterocycles. The van der Waals surface area contributed by atoms with Crippen LogP contribution < -0.4 is 0 Å². The van der Waals surface area contributed by atoms with Crippen molar-refractivity contribution < 1.29 is 14.6 Å². The number of ether oxygens (including phenoxy) is 1. The summed E-state index contributed by atoms with van der Waals surface area (Å²) in [4.78, 5) is 10.9. The molecule has 0 bridgehead atoms. The summed E-state index contributed by atoms with van der Waals surface area (Å²) in [7, 11) is 0. The molecule has 0 spiro atoms. The minimum atomic E-state index is -0.723. The van der Waals surface area contributed by atoms with E-state index in [1.807, 2.05) is 12.2 Å². The zero-order valence-electron chi connectivity index (χ0n) is 10.7. The lowest BCUT2D eigenvalue weighted by atomic mass is 9.87. The van der Waals surface area contributed by atoms with Crippen LogP contribution in [0.15, 0.2) is 24.3 Å². The van der Waals surface area contributed by atoms with Crippen molar-refractivity contribution in [2.24, 2.45) is 5.41 Å². The highest BCUT2D eigenvalue weighted by atomic mass is 16.5. The van der Waals surface area contributed by atoms with E-state index in [9.17, 15) is 4.79 Å². The summed E-state index contributed by atoms with van der Waals surface area (Å²) in [6.07, 6.45) is 11.8. The first-order valence-corrected chi connectivity index (χ1v) is 6.21. The fourth-order valence-corrected chi connectivity index (χ4v) is 1.69. The molecule has 1 aliphatic rings. The van der Waals surface area contributed by atoms with Crippen LogP contribution in [0.3, 0.4) is 0 Å². The molecule has 0 aliphatic heterocycles. The lowest BCUT2D eigenvalue weighted by Gasteiger charge is -2.19. The number of unbranched alkanes of at least 4 members (excludes halogenated alkanes) is 1. The molecule has 96 valence electrons. The third kappa shape index (κ3) is 5.18. The predicted molar refractivity (Wildman–Crippen MR) is 67.9 cm³/mol. The van der Waals surface area contributed by atoms with E-state index in [1.54, 1.807) is 13.8 Å². The Morgan fingerprint density at radius 1 is 1.41 bits per heavy atom. The average Bonchev–Trinajstić information content (AvgIpc) is 2.29. The summed E-state index contributed by atoms with van der Waals surface area (Å²) >= 11 is 0. The van der Waals surface area contributed by atoms with Gasteiger partial charge in [-0.25, -0.2) is 0 Å². The van der Waals surface area contributed by atoms with Crippen molar-refractivity contribution in [3.63, 3.8) is 0 Å². The maximum atomic E-state index is 10.9. The molecule has 0 amide bonds. The van der Waals surface area contributed by atoms with E-state index in [0.717, 1.165) is 19.3 Å². The van der Waals surface area contributed by atoms with Gasteiger partial charge in [-0.3, -0.25) is 4.79 Å². The van der Waals surface area contributed by atoms with Gasteiger partial charge in [0.25, 0.3) is 0 Å². The van der Waals surface area contributed by atoms with Crippen LogP contribution >= 0.6 is 0 Å². The van der Waals surface area contributed by atoms with Crippen molar-refractivity contribution in [1.29, 1.82) is 0 Å². The van der Waals surface area contributed by atoms with Crippen molar-refractivity contribution in [2.75, 3.05) is 6.61 Å². The highest BCUT2D eigenvalue weighted by Crippen LogP contribution is 2.23. The second-order valence-corrected chi connectivity index (χ2v) is 5.10. The van der Waals surface area contributed by atoms with Crippen molar-refractivity contribution in [2.45, 2.75) is 45.6 Å². The van der Waals surface area contributed by atoms with E-state index in [1.165, 1.54) is 0 Å². The molecule has 0 fully saturated rings. The number of allylic oxidation sites excluding steroid dienone is 2. The molecule has 1 rings (SSSR count). The van der Waals surface area contributed by atoms with E-state index in [4.69, 9.17) is 9.84 Å². The largest absolute Gasteiger partial charge is 0.481 e. The first-order valence-electron chi connectivity index (χ1n) is 6.21. The fourth-order valence-electron chi connectivity index (χ4n) is 1.69. The van der Waals surface area contributed by atoms with Crippen LogP contribution in [-0.4, -0.2) is 23.8 Å². The fraction of sp³-hybridized carbons (Fsp3) is 0.643. The second kappa shape index (κ2) is 6.60. The Hall–Kier alpha value is -1.09. The van der Waals surface area contributed by atoms with Gasteiger partial charge in [0, 0.05) is 6.61 Å². The van der Waals surface area contributed by atoms with Gasteiger partial charge in [-0.1, -0.05) is 30.7 Å². The van der Waals surface area contributed by atoms with Gasteiger partial charge in [-0.05, 0) is 33.1 Å². The van der Waals surface area contributed by atoms with Gasteiger partial charge in [0.1, 0.15) is 0 Å². The number of carboxylic acid groups (broad SMARTS) is 1. The summed E-state index contributed by atoms with van der Waals surface area (Å²) in [5.41, 5.74) is -0.618. The number of hydrogen-bond donors (Lipinski definition) is 1. The van der Waals surface area contributed by atoms with E-state index in [-0.39, 0.29) is 6.10 Å². The van der Waals surface area contributed by atoms with Gasteiger partial charge < -0.3 is 9.84 Å². The molecule has 0 saturated heterocycles. The van der Waals surface area contributed by atoms with Crippen molar-refractivity contribution in [1.82, 2.24) is 0 Å². The lowest BCUT2D eigenvalue weighted by molar-refractivity contribution is -0.147. The molecule has 0 aromatic rings. The monoisotopic (exact) mass is 238 g/mol. The zero-order valence-corrected chi connectivity index (χ0v) is 10.7. The number of carboxylic acids is 1. The molecule has 0 heterocycles.